The number of hydrogen-bond acceptors (Lipinski definition) is 3. The van der Waals surface area contributed by atoms with E-state index in [-0.39, 0.29) is 17.4 Å². The number of benzene rings is 2. The molecule has 0 spiro atoms. The molecule has 2 fully saturated rings. The van der Waals surface area contributed by atoms with Crippen LogP contribution in [0.1, 0.15) is 42.9 Å². The van der Waals surface area contributed by atoms with Crippen LogP contribution in [-0.2, 0) is 9.59 Å². The zero-order valence-corrected chi connectivity index (χ0v) is 16.3. The van der Waals surface area contributed by atoms with Gasteiger partial charge < -0.3 is 15.0 Å². The number of ketones is 1. The molecule has 1 atom stereocenters. The highest BCUT2D eigenvalue weighted by Gasteiger charge is 2.49. The fourth-order valence-corrected chi connectivity index (χ4v) is 4.79. The van der Waals surface area contributed by atoms with Crippen LogP contribution in [0, 0.1) is 5.82 Å². The number of aliphatic hydroxyl groups is 1. The molecule has 1 aliphatic heterocycles. The van der Waals surface area contributed by atoms with E-state index in [2.05, 4.69) is 4.98 Å². The van der Waals surface area contributed by atoms with Crippen molar-refractivity contribution in [2.45, 2.75) is 37.8 Å². The number of H-pyrrole nitrogens is 1. The molecule has 5 nitrogen and oxygen atoms in total. The first kappa shape index (κ1) is 18.6. The number of aromatic amines is 1. The number of carbonyl (C=O) groups excluding carboxylic acids is 2. The lowest BCUT2D eigenvalue weighted by atomic mass is 9.94. The maximum atomic E-state index is 13.6. The number of Topliss-reactive ketones (excluding diaryl/α,β-unsaturated/α-hetero) is 1. The van der Waals surface area contributed by atoms with E-state index in [0.29, 0.717) is 11.1 Å². The minimum atomic E-state index is -0.734. The summed E-state index contributed by atoms with van der Waals surface area (Å²) in [7, 11) is 0. The maximum absolute atomic E-state index is 13.6. The average molecular weight is 404 g/mol. The molecule has 0 radical (unpaired) electrons. The fourth-order valence-electron chi connectivity index (χ4n) is 4.79. The molecule has 30 heavy (non-hydrogen) atoms. The lowest BCUT2D eigenvalue weighted by Crippen LogP contribution is -2.37. The van der Waals surface area contributed by atoms with Crippen molar-refractivity contribution < 1.29 is 19.1 Å². The minimum Gasteiger partial charge on any atom is -0.507 e. The number of amides is 1. The minimum absolute atomic E-state index is 0.0586. The molecule has 2 heterocycles. The molecule has 3 aromatic rings. The van der Waals surface area contributed by atoms with Crippen LogP contribution in [0.2, 0.25) is 0 Å². The molecule has 2 aliphatic rings. The highest BCUT2D eigenvalue weighted by Crippen LogP contribution is 2.44. The number of nitrogens with one attached hydrogen (secondary N) is 1. The normalized spacial score (nSPS) is 21.8. The molecule has 2 aromatic carbocycles. The van der Waals surface area contributed by atoms with E-state index in [1.165, 1.54) is 12.1 Å². The van der Waals surface area contributed by atoms with Gasteiger partial charge in [-0.05, 0) is 36.6 Å². The Morgan fingerprint density at radius 1 is 1.03 bits per heavy atom. The first-order valence-electron chi connectivity index (χ1n) is 10.2. The molecule has 1 saturated heterocycles. The lowest BCUT2D eigenvalue weighted by Gasteiger charge is -2.30. The van der Waals surface area contributed by atoms with Gasteiger partial charge in [-0.1, -0.05) is 43.2 Å². The van der Waals surface area contributed by atoms with E-state index in [1.54, 1.807) is 23.2 Å². The summed E-state index contributed by atoms with van der Waals surface area (Å²) in [5, 5.41) is 12.0. The second-order valence-electron chi connectivity index (χ2n) is 7.94. The van der Waals surface area contributed by atoms with Crippen molar-refractivity contribution >= 4 is 28.4 Å². The second-order valence-corrected chi connectivity index (χ2v) is 7.94. The van der Waals surface area contributed by atoms with Gasteiger partial charge in [-0.25, -0.2) is 4.39 Å². The predicted octanol–water partition coefficient (Wildman–Crippen LogP) is 4.67. The second kappa shape index (κ2) is 7.13. The SMILES string of the molecule is O=C1C(=O)N(C2CCCC2)C(c2ccc(F)cc2)/C1=C(/O)c1c[nH]c2ccccc12. The van der Waals surface area contributed by atoms with Gasteiger partial charge in [0, 0.05) is 28.7 Å². The van der Waals surface area contributed by atoms with Crippen LogP contribution in [0.25, 0.3) is 16.7 Å². The number of halogens is 1. The molecule has 1 unspecified atom stereocenters. The van der Waals surface area contributed by atoms with Gasteiger partial charge in [0.25, 0.3) is 11.7 Å². The maximum Gasteiger partial charge on any atom is 0.295 e. The molecule has 5 rings (SSSR count). The van der Waals surface area contributed by atoms with E-state index >= 15 is 0 Å². The molecule has 152 valence electrons. The number of aliphatic hydroxyl groups excluding tert-OH is 1. The van der Waals surface area contributed by atoms with Crippen LogP contribution in [0.3, 0.4) is 0 Å². The lowest BCUT2D eigenvalue weighted by molar-refractivity contribution is -0.141. The van der Waals surface area contributed by atoms with E-state index in [1.807, 2.05) is 24.3 Å². The molecule has 1 aliphatic carbocycles. The molecule has 1 amide bonds. The summed E-state index contributed by atoms with van der Waals surface area (Å²) in [5.41, 5.74) is 1.97. The van der Waals surface area contributed by atoms with Gasteiger partial charge in [-0.15, -0.1) is 0 Å². The van der Waals surface area contributed by atoms with Gasteiger partial charge in [0.1, 0.15) is 11.6 Å². The van der Waals surface area contributed by atoms with Gasteiger partial charge in [-0.3, -0.25) is 9.59 Å². The fraction of sp³-hybridized carbons (Fsp3) is 0.250. The molecular formula is C24H21FN2O3. The van der Waals surface area contributed by atoms with Crippen molar-refractivity contribution in [3.05, 3.63) is 77.2 Å². The molecular weight excluding hydrogens is 383 g/mol. The van der Waals surface area contributed by atoms with Gasteiger partial charge in [0.05, 0.1) is 11.6 Å². The van der Waals surface area contributed by atoms with E-state index in [4.69, 9.17) is 0 Å². The summed E-state index contributed by atoms with van der Waals surface area (Å²) in [4.78, 5) is 30.8. The smallest absolute Gasteiger partial charge is 0.295 e. The van der Waals surface area contributed by atoms with E-state index in [0.717, 1.165) is 36.6 Å². The monoisotopic (exact) mass is 404 g/mol. The Labute approximate surface area is 172 Å². The van der Waals surface area contributed by atoms with Crippen molar-refractivity contribution in [1.82, 2.24) is 9.88 Å². The Hall–Kier alpha value is -3.41. The van der Waals surface area contributed by atoms with E-state index in [9.17, 15) is 19.1 Å². The Morgan fingerprint density at radius 3 is 2.47 bits per heavy atom. The van der Waals surface area contributed by atoms with Crippen LogP contribution in [0.15, 0.2) is 60.3 Å². The number of nitrogens with zero attached hydrogens (tertiary/aromatic N) is 1. The van der Waals surface area contributed by atoms with Crippen LogP contribution in [0.4, 0.5) is 4.39 Å². The predicted molar refractivity (Wildman–Crippen MR) is 111 cm³/mol. The summed E-state index contributed by atoms with van der Waals surface area (Å²) in [6, 6.07) is 12.4. The Morgan fingerprint density at radius 2 is 1.73 bits per heavy atom. The average Bonchev–Trinajstić information content (AvgIpc) is 3.48. The molecule has 1 saturated carbocycles. The molecule has 0 bridgehead atoms. The zero-order valence-electron chi connectivity index (χ0n) is 16.3. The summed E-state index contributed by atoms with van der Waals surface area (Å²) in [5.74, 6) is -1.90. The summed E-state index contributed by atoms with van der Waals surface area (Å²) >= 11 is 0. The number of aromatic nitrogens is 1. The van der Waals surface area contributed by atoms with Crippen LogP contribution in [-0.4, -0.2) is 32.7 Å². The van der Waals surface area contributed by atoms with Gasteiger partial charge in [0.15, 0.2) is 0 Å². The Bertz CT molecular complexity index is 1170. The van der Waals surface area contributed by atoms with E-state index < -0.39 is 23.5 Å². The van der Waals surface area contributed by atoms with Crippen LogP contribution < -0.4 is 0 Å². The third kappa shape index (κ3) is 2.83. The number of hydrogen-bond donors (Lipinski definition) is 2. The number of carbonyl (C=O) groups is 2. The van der Waals surface area contributed by atoms with Gasteiger partial charge in [-0.2, -0.15) is 0 Å². The third-order valence-corrected chi connectivity index (χ3v) is 6.23. The summed E-state index contributed by atoms with van der Waals surface area (Å²) in [6.07, 6.45) is 5.26. The molecule has 1 aromatic heterocycles. The quantitative estimate of drug-likeness (QED) is 0.378. The highest BCUT2D eigenvalue weighted by atomic mass is 19.1. The zero-order chi connectivity index (χ0) is 20.8. The molecule has 2 N–H and O–H groups in total. The number of likely N-dealkylation sites (tertiary alicyclic amines) is 1. The van der Waals surface area contributed by atoms with Crippen LogP contribution in [0.5, 0.6) is 0 Å². The summed E-state index contributed by atoms with van der Waals surface area (Å²) in [6.45, 7) is 0. The topological polar surface area (TPSA) is 73.4 Å². The van der Waals surface area contributed by atoms with Crippen molar-refractivity contribution in [2.75, 3.05) is 0 Å². The first-order chi connectivity index (χ1) is 14.6. The Balaban J connectivity index is 1.71. The number of fused-ring (bicyclic) bond motifs is 1. The first-order valence-corrected chi connectivity index (χ1v) is 10.2. The van der Waals surface area contributed by atoms with Crippen molar-refractivity contribution in [2.24, 2.45) is 0 Å². The van der Waals surface area contributed by atoms with Gasteiger partial charge in [0.2, 0.25) is 0 Å². The number of rotatable bonds is 3. The van der Waals surface area contributed by atoms with Crippen LogP contribution >= 0.6 is 0 Å². The van der Waals surface area contributed by atoms with Gasteiger partial charge >= 0.3 is 0 Å². The largest absolute Gasteiger partial charge is 0.507 e. The third-order valence-electron chi connectivity index (χ3n) is 6.23. The summed E-state index contributed by atoms with van der Waals surface area (Å²) < 4.78 is 13.6. The number of para-hydroxylation sites is 1. The molecule has 6 heteroatoms. The Kier molecular flexibility index (Phi) is 4.42. The standard InChI is InChI=1S/C24H21FN2O3/c25-15-11-9-14(10-12-15)21-20(23(29)24(30)27(21)16-5-1-2-6-16)22(28)18-13-26-19-8-4-3-7-17(18)19/h3-4,7-13,16,21,26,28H,1-2,5-6H2/b22-20-. The van der Waals surface area contributed by atoms with Crippen molar-refractivity contribution in [1.29, 1.82) is 0 Å². The highest BCUT2D eigenvalue weighted by molar-refractivity contribution is 6.46. The van der Waals surface area contributed by atoms with Crippen molar-refractivity contribution in [3.8, 4) is 0 Å². The van der Waals surface area contributed by atoms with Crippen molar-refractivity contribution in [3.63, 3.8) is 0 Å².